The van der Waals surface area contributed by atoms with Gasteiger partial charge in [-0.1, -0.05) is 0 Å². The van der Waals surface area contributed by atoms with Crippen molar-refractivity contribution >= 4 is 5.97 Å². The monoisotopic (exact) mass is 218 g/mol. The first kappa shape index (κ1) is 11.7. The molecule has 0 fully saturated rings. The summed E-state index contributed by atoms with van der Waals surface area (Å²) in [7, 11) is 0. The second kappa shape index (κ2) is 4.94. The van der Waals surface area contributed by atoms with E-state index in [-0.39, 0.29) is 23.9 Å². The Morgan fingerprint density at radius 1 is 1.62 bits per heavy atom. The number of hydrogen-bond donors (Lipinski definition) is 1. The van der Waals surface area contributed by atoms with E-state index in [9.17, 15) is 4.79 Å². The van der Waals surface area contributed by atoms with Crippen molar-refractivity contribution in [3.63, 3.8) is 0 Å². The number of nitrogens with zero attached hydrogens (tertiary/aromatic N) is 4. The zero-order valence-electron chi connectivity index (χ0n) is 8.71. The fourth-order valence-corrected chi connectivity index (χ4v) is 1.36. The van der Waals surface area contributed by atoms with Gasteiger partial charge < -0.3 is 9.67 Å². The fraction of sp³-hybridized carbons (Fsp3) is 0.400. The molecule has 0 spiro atoms. The molecule has 1 aromatic heterocycles. The second-order valence-corrected chi connectivity index (χ2v) is 3.35. The van der Waals surface area contributed by atoms with Crippen LogP contribution in [-0.2, 0) is 4.79 Å². The molecule has 0 aromatic carbocycles. The van der Waals surface area contributed by atoms with Gasteiger partial charge in [0.25, 0.3) is 0 Å². The van der Waals surface area contributed by atoms with Gasteiger partial charge in [0.05, 0.1) is 6.33 Å². The summed E-state index contributed by atoms with van der Waals surface area (Å²) in [5.41, 5.74) is 0.255. The Bertz CT molecular complexity index is 478. The Morgan fingerprint density at radius 2 is 2.31 bits per heavy atom. The van der Waals surface area contributed by atoms with Crippen molar-refractivity contribution < 1.29 is 9.90 Å². The Hall–Kier alpha value is -2.34. The quantitative estimate of drug-likeness (QED) is 0.813. The molecule has 82 valence electrons. The van der Waals surface area contributed by atoms with Crippen molar-refractivity contribution in [2.45, 2.75) is 25.8 Å². The number of imidazole rings is 1. The minimum absolute atomic E-state index is 0.0199. The highest BCUT2D eigenvalue weighted by Crippen LogP contribution is 2.17. The first-order valence-corrected chi connectivity index (χ1v) is 4.69. The van der Waals surface area contributed by atoms with Crippen LogP contribution >= 0.6 is 0 Å². The predicted molar refractivity (Wildman–Crippen MR) is 53.2 cm³/mol. The average molecular weight is 218 g/mol. The third-order valence-corrected chi connectivity index (χ3v) is 2.26. The zero-order valence-corrected chi connectivity index (χ0v) is 8.71. The summed E-state index contributed by atoms with van der Waals surface area (Å²) in [5.74, 6) is -0.883. The maximum atomic E-state index is 10.4. The van der Waals surface area contributed by atoms with Crippen LogP contribution < -0.4 is 0 Å². The Kier molecular flexibility index (Phi) is 3.62. The number of aromatic nitrogens is 2. The van der Waals surface area contributed by atoms with Crippen molar-refractivity contribution in [2.24, 2.45) is 0 Å². The van der Waals surface area contributed by atoms with Crippen LogP contribution in [0.4, 0.5) is 0 Å². The van der Waals surface area contributed by atoms with Gasteiger partial charge in [-0.2, -0.15) is 10.5 Å². The van der Waals surface area contributed by atoms with Gasteiger partial charge in [0.15, 0.2) is 11.4 Å². The molecule has 0 aliphatic rings. The molecule has 1 N–H and O–H groups in total. The summed E-state index contributed by atoms with van der Waals surface area (Å²) >= 11 is 0. The molecule has 0 saturated heterocycles. The van der Waals surface area contributed by atoms with Crippen LogP contribution in [-0.4, -0.2) is 20.6 Å². The smallest absolute Gasteiger partial charge is 0.303 e. The van der Waals surface area contributed by atoms with Crippen LogP contribution in [0.3, 0.4) is 0 Å². The molecule has 0 bridgehead atoms. The molecule has 6 nitrogen and oxygen atoms in total. The average Bonchev–Trinajstić information content (AvgIpc) is 2.68. The van der Waals surface area contributed by atoms with Crippen LogP contribution in [0.5, 0.6) is 0 Å². The van der Waals surface area contributed by atoms with E-state index in [1.165, 1.54) is 10.9 Å². The highest BCUT2D eigenvalue weighted by molar-refractivity contribution is 5.66. The van der Waals surface area contributed by atoms with Gasteiger partial charge in [-0.05, 0) is 13.3 Å². The molecular weight excluding hydrogens is 208 g/mol. The van der Waals surface area contributed by atoms with Crippen molar-refractivity contribution in [2.75, 3.05) is 0 Å². The highest BCUT2D eigenvalue weighted by atomic mass is 16.4. The van der Waals surface area contributed by atoms with E-state index in [1.807, 2.05) is 12.1 Å². The number of hydrogen-bond acceptors (Lipinski definition) is 4. The fourth-order valence-electron chi connectivity index (χ4n) is 1.36. The van der Waals surface area contributed by atoms with Gasteiger partial charge in [0.1, 0.15) is 12.1 Å². The van der Waals surface area contributed by atoms with E-state index in [1.54, 1.807) is 6.92 Å². The lowest BCUT2D eigenvalue weighted by Crippen LogP contribution is -2.08. The van der Waals surface area contributed by atoms with Crippen LogP contribution in [0.15, 0.2) is 6.33 Å². The summed E-state index contributed by atoms with van der Waals surface area (Å²) in [4.78, 5) is 14.2. The third-order valence-electron chi connectivity index (χ3n) is 2.26. The Labute approximate surface area is 92.4 Å². The molecule has 0 saturated carbocycles. The normalized spacial score (nSPS) is 11.4. The molecule has 0 aliphatic heterocycles. The molecule has 6 heteroatoms. The van der Waals surface area contributed by atoms with Crippen molar-refractivity contribution in [1.29, 1.82) is 10.5 Å². The van der Waals surface area contributed by atoms with E-state index >= 15 is 0 Å². The molecule has 0 aliphatic carbocycles. The minimum Gasteiger partial charge on any atom is -0.481 e. The van der Waals surface area contributed by atoms with E-state index in [0.717, 1.165) is 0 Å². The van der Waals surface area contributed by atoms with E-state index < -0.39 is 5.97 Å². The highest BCUT2D eigenvalue weighted by Gasteiger charge is 2.15. The van der Waals surface area contributed by atoms with Crippen molar-refractivity contribution in [3.8, 4) is 12.1 Å². The first-order valence-electron chi connectivity index (χ1n) is 4.69. The lowest BCUT2D eigenvalue weighted by molar-refractivity contribution is -0.137. The zero-order chi connectivity index (χ0) is 12.1. The summed E-state index contributed by atoms with van der Waals surface area (Å²) in [5, 5.41) is 26.1. The van der Waals surface area contributed by atoms with Crippen LogP contribution in [0.2, 0.25) is 0 Å². The standard InChI is InChI=1S/C10H10N4O2/c1-7(2-3-10(15)16)14-6-13-8(4-11)9(14)5-12/h6-7H,2-3H2,1H3,(H,15,16). The van der Waals surface area contributed by atoms with Gasteiger partial charge in [0, 0.05) is 12.5 Å². The largest absolute Gasteiger partial charge is 0.481 e. The maximum absolute atomic E-state index is 10.4. The van der Waals surface area contributed by atoms with Crippen LogP contribution in [0.25, 0.3) is 0 Å². The van der Waals surface area contributed by atoms with Gasteiger partial charge in [0.2, 0.25) is 0 Å². The molecule has 0 amide bonds. The topological polar surface area (TPSA) is 103 Å². The summed E-state index contributed by atoms with van der Waals surface area (Å²) in [6, 6.07) is 3.54. The number of rotatable bonds is 4. The summed E-state index contributed by atoms with van der Waals surface area (Å²) in [6.45, 7) is 1.78. The summed E-state index contributed by atoms with van der Waals surface area (Å²) < 4.78 is 1.53. The van der Waals surface area contributed by atoms with Crippen molar-refractivity contribution in [3.05, 3.63) is 17.7 Å². The number of carbonyl (C=O) groups is 1. The second-order valence-electron chi connectivity index (χ2n) is 3.35. The molecular formula is C10H10N4O2. The predicted octanol–water partition coefficient (Wildman–Crippen LogP) is 1.05. The third kappa shape index (κ3) is 2.37. The maximum Gasteiger partial charge on any atom is 0.303 e. The van der Waals surface area contributed by atoms with E-state index in [2.05, 4.69) is 4.98 Å². The molecule has 1 unspecified atom stereocenters. The Morgan fingerprint density at radius 3 is 2.81 bits per heavy atom. The number of carboxylic acids is 1. The van der Waals surface area contributed by atoms with Crippen molar-refractivity contribution in [1.82, 2.24) is 9.55 Å². The van der Waals surface area contributed by atoms with Gasteiger partial charge in [-0.25, -0.2) is 4.98 Å². The van der Waals surface area contributed by atoms with E-state index in [4.69, 9.17) is 15.6 Å². The Balaban J connectivity index is 2.89. The van der Waals surface area contributed by atoms with E-state index in [0.29, 0.717) is 6.42 Å². The molecule has 1 heterocycles. The first-order chi connectivity index (χ1) is 7.60. The molecule has 0 radical (unpaired) electrons. The van der Waals surface area contributed by atoms with Gasteiger partial charge in [-0.15, -0.1) is 0 Å². The summed E-state index contributed by atoms with van der Waals surface area (Å²) in [6.07, 6.45) is 1.81. The van der Waals surface area contributed by atoms with Crippen LogP contribution in [0, 0.1) is 22.7 Å². The molecule has 1 atom stereocenters. The SMILES string of the molecule is CC(CCC(=O)O)n1cnc(C#N)c1C#N. The number of aliphatic carboxylic acids is 1. The lowest BCUT2D eigenvalue weighted by atomic mass is 10.1. The number of carboxylic acid groups (broad SMARTS) is 1. The van der Waals surface area contributed by atoms with Gasteiger partial charge in [-0.3, -0.25) is 4.79 Å². The van der Waals surface area contributed by atoms with Gasteiger partial charge >= 0.3 is 5.97 Å². The molecule has 1 rings (SSSR count). The van der Waals surface area contributed by atoms with Crippen LogP contribution in [0.1, 0.15) is 37.2 Å². The molecule has 16 heavy (non-hydrogen) atoms. The lowest BCUT2D eigenvalue weighted by Gasteiger charge is -2.12. The minimum atomic E-state index is -0.883. The molecule has 1 aromatic rings. The number of nitriles is 2.